The number of aliphatic carboxylic acids is 1. The number of halogens is 2. The summed E-state index contributed by atoms with van der Waals surface area (Å²) in [6.45, 7) is 0. The number of aromatic nitrogens is 1. The Morgan fingerprint density at radius 2 is 2.09 bits per heavy atom. The molecule has 2 aromatic carbocycles. The maximum Gasteiger partial charge on any atom is 0.345 e. The van der Waals surface area contributed by atoms with E-state index in [1.807, 2.05) is 18.2 Å². The molecule has 1 aromatic heterocycles. The smallest absolute Gasteiger partial charge is 0.345 e. The van der Waals surface area contributed by atoms with Crippen molar-refractivity contribution in [2.24, 2.45) is 0 Å². The van der Waals surface area contributed by atoms with Crippen LogP contribution >= 0.6 is 23.2 Å². The number of hydrogen-bond acceptors (Lipinski definition) is 4. The van der Waals surface area contributed by atoms with Crippen molar-refractivity contribution in [3.8, 4) is 17.0 Å². The zero-order valence-corrected chi connectivity index (χ0v) is 13.1. The molecule has 116 valence electrons. The Bertz CT molecular complexity index is 951. The fraction of sp³-hybridized carbons (Fsp3) is 0.125. The Labute approximate surface area is 140 Å². The van der Waals surface area contributed by atoms with E-state index in [9.17, 15) is 4.79 Å². The van der Waals surface area contributed by atoms with Crippen LogP contribution in [-0.4, -0.2) is 22.3 Å². The first kappa shape index (κ1) is 14.4. The van der Waals surface area contributed by atoms with Crippen LogP contribution < -0.4 is 4.74 Å². The van der Waals surface area contributed by atoms with Gasteiger partial charge < -0.3 is 14.4 Å². The Morgan fingerprint density at radius 1 is 1.30 bits per heavy atom. The van der Waals surface area contributed by atoms with Crippen molar-refractivity contribution in [1.29, 1.82) is 0 Å². The lowest BCUT2D eigenvalue weighted by molar-refractivity contribution is -0.144. The second-order valence-corrected chi connectivity index (χ2v) is 6.00. The monoisotopic (exact) mass is 349 g/mol. The predicted molar refractivity (Wildman–Crippen MR) is 85.2 cm³/mol. The van der Waals surface area contributed by atoms with Gasteiger partial charge in [0.1, 0.15) is 16.5 Å². The molecule has 1 N–H and O–H groups in total. The minimum atomic E-state index is -1.03. The second-order valence-electron chi connectivity index (χ2n) is 5.22. The Balaban J connectivity index is 1.92. The predicted octanol–water partition coefficient (Wildman–Crippen LogP) is 4.19. The lowest BCUT2D eigenvalue weighted by Gasteiger charge is -2.05. The van der Waals surface area contributed by atoms with Gasteiger partial charge in [-0.2, -0.15) is 0 Å². The number of carbonyl (C=O) groups is 1. The van der Waals surface area contributed by atoms with Gasteiger partial charge in [0, 0.05) is 17.5 Å². The highest BCUT2D eigenvalue weighted by Gasteiger charge is 2.33. The number of carboxylic acid groups (broad SMARTS) is 1. The molecule has 0 amide bonds. The van der Waals surface area contributed by atoms with Gasteiger partial charge >= 0.3 is 5.97 Å². The third-order valence-corrected chi connectivity index (χ3v) is 4.48. The van der Waals surface area contributed by atoms with E-state index < -0.39 is 12.1 Å². The summed E-state index contributed by atoms with van der Waals surface area (Å²) in [5, 5.41) is 14.6. The Hall–Kier alpha value is -2.24. The molecule has 0 saturated heterocycles. The molecule has 1 aliphatic rings. The van der Waals surface area contributed by atoms with Gasteiger partial charge in [-0.1, -0.05) is 46.6 Å². The van der Waals surface area contributed by atoms with Gasteiger partial charge in [-0.15, -0.1) is 0 Å². The van der Waals surface area contributed by atoms with E-state index in [-0.39, 0.29) is 11.4 Å². The first-order chi connectivity index (χ1) is 11.1. The van der Waals surface area contributed by atoms with E-state index in [0.717, 1.165) is 5.56 Å². The van der Waals surface area contributed by atoms with Gasteiger partial charge in [-0.3, -0.25) is 0 Å². The summed E-state index contributed by atoms with van der Waals surface area (Å²) in [7, 11) is 0. The number of hydrogen-bond donors (Lipinski definition) is 1. The van der Waals surface area contributed by atoms with E-state index in [2.05, 4.69) is 5.16 Å². The Kier molecular flexibility index (Phi) is 3.21. The summed E-state index contributed by atoms with van der Waals surface area (Å²) in [5.41, 5.74) is 2.35. The molecule has 0 radical (unpaired) electrons. The summed E-state index contributed by atoms with van der Waals surface area (Å²) in [6, 6.07) is 9.06. The molecule has 7 heteroatoms. The molecular weight excluding hydrogens is 341 g/mol. The number of rotatable bonds is 2. The molecule has 23 heavy (non-hydrogen) atoms. The van der Waals surface area contributed by atoms with Crippen molar-refractivity contribution in [3.63, 3.8) is 0 Å². The molecule has 1 aliphatic heterocycles. The highest BCUT2D eigenvalue weighted by molar-refractivity contribution is 6.37. The average molecular weight is 350 g/mol. The van der Waals surface area contributed by atoms with Gasteiger partial charge in [-0.05, 0) is 12.1 Å². The second kappa shape index (κ2) is 5.15. The summed E-state index contributed by atoms with van der Waals surface area (Å²) in [4.78, 5) is 11.1. The minimum Gasteiger partial charge on any atom is -0.478 e. The molecule has 4 rings (SSSR count). The summed E-state index contributed by atoms with van der Waals surface area (Å²) in [6.07, 6.45) is -0.696. The molecule has 1 atom stereocenters. The van der Waals surface area contributed by atoms with E-state index >= 15 is 0 Å². The van der Waals surface area contributed by atoms with Crippen LogP contribution in [0.1, 0.15) is 5.56 Å². The maximum atomic E-state index is 11.1. The van der Waals surface area contributed by atoms with Gasteiger partial charge in [0.05, 0.1) is 10.4 Å². The van der Waals surface area contributed by atoms with Crippen molar-refractivity contribution in [1.82, 2.24) is 5.16 Å². The zero-order chi connectivity index (χ0) is 16.1. The van der Waals surface area contributed by atoms with Crippen LogP contribution in [-0.2, 0) is 11.2 Å². The molecule has 5 nitrogen and oxygen atoms in total. The lowest BCUT2D eigenvalue weighted by atomic mass is 10.0. The quantitative estimate of drug-likeness (QED) is 0.750. The molecule has 0 aliphatic carbocycles. The van der Waals surface area contributed by atoms with Gasteiger partial charge in [0.15, 0.2) is 11.7 Å². The number of benzene rings is 2. The standard InChI is InChI=1S/C16H9Cl2NO4/c17-10-4-2-1-3-8(10)13-9-5-7-6-11(16(20)21)22-14(7)12(18)15(9)23-19-13/h1-5,11H,6H2,(H,20,21). The van der Waals surface area contributed by atoms with E-state index in [4.69, 9.17) is 37.6 Å². The molecule has 0 spiro atoms. The largest absolute Gasteiger partial charge is 0.478 e. The van der Waals surface area contributed by atoms with Gasteiger partial charge in [-0.25, -0.2) is 4.79 Å². The molecule has 1 unspecified atom stereocenters. The lowest BCUT2D eigenvalue weighted by Crippen LogP contribution is -2.24. The van der Waals surface area contributed by atoms with Crippen LogP contribution in [0.15, 0.2) is 34.9 Å². The van der Waals surface area contributed by atoms with Gasteiger partial charge in [0.2, 0.25) is 0 Å². The maximum absolute atomic E-state index is 11.1. The van der Waals surface area contributed by atoms with Crippen LogP contribution in [0.2, 0.25) is 10.0 Å². The number of ether oxygens (including phenoxy) is 1. The normalized spacial score (nSPS) is 16.3. The topological polar surface area (TPSA) is 72.6 Å². The summed E-state index contributed by atoms with van der Waals surface area (Å²) < 4.78 is 10.7. The molecule has 0 fully saturated rings. The van der Waals surface area contributed by atoms with Crippen LogP contribution in [0.4, 0.5) is 0 Å². The van der Waals surface area contributed by atoms with Crippen molar-refractivity contribution in [2.75, 3.05) is 0 Å². The third-order valence-electron chi connectivity index (χ3n) is 3.81. The van der Waals surface area contributed by atoms with Crippen molar-refractivity contribution in [3.05, 3.63) is 45.9 Å². The summed E-state index contributed by atoms with van der Waals surface area (Å²) in [5.74, 6) is -0.688. The van der Waals surface area contributed by atoms with Crippen LogP contribution in [0.25, 0.3) is 22.2 Å². The first-order valence-electron chi connectivity index (χ1n) is 6.81. The molecule has 2 heterocycles. The average Bonchev–Trinajstić information content (AvgIpc) is 3.13. The molecule has 0 saturated carbocycles. The van der Waals surface area contributed by atoms with E-state index in [1.54, 1.807) is 12.1 Å². The van der Waals surface area contributed by atoms with Crippen LogP contribution in [0.3, 0.4) is 0 Å². The summed E-state index contributed by atoms with van der Waals surface area (Å²) >= 11 is 12.5. The van der Waals surface area contributed by atoms with E-state index in [1.165, 1.54) is 0 Å². The third kappa shape index (κ3) is 2.16. The molecule has 3 aromatic rings. The minimum absolute atomic E-state index is 0.229. The number of nitrogens with zero attached hydrogens (tertiary/aromatic N) is 1. The molecule has 0 bridgehead atoms. The highest BCUT2D eigenvalue weighted by atomic mass is 35.5. The van der Waals surface area contributed by atoms with Crippen LogP contribution in [0, 0.1) is 0 Å². The first-order valence-corrected chi connectivity index (χ1v) is 7.57. The number of carboxylic acids is 1. The van der Waals surface area contributed by atoms with Crippen LogP contribution in [0.5, 0.6) is 5.75 Å². The highest BCUT2D eigenvalue weighted by Crippen LogP contribution is 2.44. The number of fused-ring (bicyclic) bond motifs is 2. The Morgan fingerprint density at radius 3 is 2.83 bits per heavy atom. The van der Waals surface area contributed by atoms with Crippen molar-refractivity contribution < 1.29 is 19.2 Å². The fourth-order valence-electron chi connectivity index (χ4n) is 2.72. The fourth-order valence-corrected chi connectivity index (χ4v) is 3.25. The van der Waals surface area contributed by atoms with Gasteiger partial charge in [0.25, 0.3) is 0 Å². The molecular formula is C16H9Cl2NO4. The SMILES string of the molecule is O=C(O)C1Cc2cc3c(-c4ccccc4Cl)noc3c(Cl)c2O1. The zero-order valence-electron chi connectivity index (χ0n) is 11.5. The van der Waals surface area contributed by atoms with Crippen molar-refractivity contribution >= 4 is 40.1 Å². The van der Waals surface area contributed by atoms with E-state index in [0.29, 0.717) is 33.0 Å². The van der Waals surface area contributed by atoms with Crippen molar-refractivity contribution in [2.45, 2.75) is 12.5 Å².